The van der Waals surface area contributed by atoms with Crippen LogP contribution < -0.4 is 4.74 Å². The molecule has 3 aromatic carbocycles. The highest BCUT2D eigenvalue weighted by molar-refractivity contribution is 6.04. The topological polar surface area (TPSA) is 68.5 Å². The zero-order chi connectivity index (χ0) is 26.1. The maximum Gasteiger partial charge on any atom is 0.307 e. The second kappa shape index (κ2) is 10.0. The number of benzene rings is 3. The fourth-order valence-electron chi connectivity index (χ4n) is 5.06. The zero-order valence-electron chi connectivity index (χ0n) is 21.9. The van der Waals surface area contributed by atoms with Gasteiger partial charge in [-0.25, -0.2) is 0 Å². The third-order valence-electron chi connectivity index (χ3n) is 7.54. The van der Waals surface area contributed by atoms with Crippen LogP contribution in [0.1, 0.15) is 55.0 Å². The van der Waals surface area contributed by atoms with Crippen LogP contribution in [0.4, 0.5) is 0 Å². The molecule has 0 saturated heterocycles. The molecule has 0 aliphatic heterocycles. The van der Waals surface area contributed by atoms with Crippen LogP contribution in [0.15, 0.2) is 48.5 Å². The van der Waals surface area contributed by atoms with Crippen LogP contribution in [-0.4, -0.2) is 28.2 Å². The number of ether oxygens (including phenoxy) is 1. The Hall–Kier alpha value is -3.86. The van der Waals surface area contributed by atoms with Crippen LogP contribution in [0.3, 0.4) is 0 Å². The van der Waals surface area contributed by atoms with E-state index in [1.54, 1.807) is 28.8 Å². The maximum atomic E-state index is 13.4. The summed E-state index contributed by atoms with van der Waals surface area (Å²) in [5, 5.41) is 10.0. The molecule has 0 saturated carbocycles. The fraction of sp³-hybridized carbons (Fsp3) is 0.290. The van der Waals surface area contributed by atoms with E-state index in [4.69, 9.17) is 4.74 Å². The molecule has 4 aromatic rings. The monoisotopic (exact) mass is 483 g/mol. The minimum absolute atomic E-state index is 0.0816. The minimum Gasteiger partial charge on any atom is -0.493 e. The lowest BCUT2D eigenvalue weighted by Gasteiger charge is -2.19. The van der Waals surface area contributed by atoms with E-state index in [1.807, 2.05) is 31.2 Å². The summed E-state index contributed by atoms with van der Waals surface area (Å²) in [7, 11) is 0. The predicted molar refractivity (Wildman–Crippen MR) is 144 cm³/mol. The molecule has 1 heterocycles. The average Bonchev–Trinajstić information content (AvgIpc) is 3.20. The number of fused-ring (bicyclic) bond motifs is 1. The zero-order valence-corrected chi connectivity index (χ0v) is 21.9. The predicted octanol–water partition coefficient (Wildman–Crippen LogP) is 6.43. The van der Waals surface area contributed by atoms with Gasteiger partial charge in [-0.05, 0) is 117 Å². The van der Waals surface area contributed by atoms with Gasteiger partial charge in [0.05, 0.1) is 18.5 Å². The molecule has 0 radical (unpaired) electrons. The van der Waals surface area contributed by atoms with Crippen molar-refractivity contribution in [2.24, 2.45) is 0 Å². The van der Waals surface area contributed by atoms with Crippen molar-refractivity contribution in [3.63, 3.8) is 0 Å². The first-order chi connectivity index (χ1) is 17.1. The van der Waals surface area contributed by atoms with Gasteiger partial charge >= 0.3 is 5.97 Å². The summed E-state index contributed by atoms with van der Waals surface area (Å²) in [6.07, 6.45) is 0.745. The number of carbonyl (C=O) groups excluding carboxylic acids is 1. The molecule has 5 nitrogen and oxygen atoms in total. The van der Waals surface area contributed by atoms with Gasteiger partial charge in [-0.3, -0.25) is 14.2 Å². The van der Waals surface area contributed by atoms with Gasteiger partial charge in [0, 0.05) is 23.1 Å². The van der Waals surface area contributed by atoms with Crippen LogP contribution in [0.5, 0.6) is 5.75 Å². The normalized spacial score (nSPS) is 11.2. The van der Waals surface area contributed by atoms with Gasteiger partial charge in [0.15, 0.2) is 0 Å². The maximum absolute atomic E-state index is 13.4. The van der Waals surface area contributed by atoms with Crippen molar-refractivity contribution in [3.8, 4) is 5.75 Å². The molecule has 0 aliphatic carbocycles. The summed E-state index contributed by atoms with van der Waals surface area (Å²) in [5.74, 6) is -0.327. The third-order valence-corrected chi connectivity index (χ3v) is 7.54. The van der Waals surface area contributed by atoms with E-state index >= 15 is 0 Å². The minimum atomic E-state index is -0.896. The van der Waals surface area contributed by atoms with Crippen molar-refractivity contribution >= 4 is 22.8 Å². The van der Waals surface area contributed by atoms with Crippen molar-refractivity contribution < 1.29 is 19.4 Å². The quantitative estimate of drug-likeness (QED) is 0.329. The number of rotatable bonds is 7. The number of carbonyl (C=O) groups is 2. The molecule has 4 rings (SSSR count). The summed E-state index contributed by atoms with van der Waals surface area (Å²) < 4.78 is 7.67. The molecule has 0 aliphatic rings. The number of carboxylic acids is 1. The third kappa shape index (κ3) is 4.66. The van der Waals surface area contributed by atoms with Gasteiger partial charge in [0.1, 0.15) is 5.75 Å². The molecular formula is C31H33NO4. The highest BCUT2D eigenvalue weighted by Crippen LogP contribution is 2.27. The molecule has 0 bridgehead atoms. The summed E-state index contributed by atoms with van der Waals surface area (Å²) in [6, 6.07) is 14.5. The Morgan fingerprint density at radius 3 is 2.06 bits per heavy atom. The van der Waals surface area contributed by atoms with E-state index in [9.17, 15) is 14.7 Å². The van der Waals surface area contributed by atoms with Crippen molar-refractivity contribution in [1.29, 1.82) is 0 Å². The largest absolute Gasteiger partial charge is 0.493 e. The molecule has 0 atom stereocenters. The van der Waals surface area contributed by atoms with Crippen molar-refractivity contribution in [2.45, 2.75) is 54.4 Å². The van der Waals surface area contributed by atoms with Gasteiger partial charge in [0.25, 0.3) is 5.91 Å². The molecule has 0 spiro atoms. The van der Waals surface area contributed by atoms with Crippen LogP contribution >= 0.6 is 0 Å². The highest BCUT2D eigenvalue weighted by Gasteiger charge is 2.17. The Morgan fingerprint density at radius 2 is 1.44 bits per heavy atom. The second-order valence-electron chi connectivity index (χ2n) is 9.57. The van der Waals surface area contributed by atoms with Gasteiger partial charge in [-0.15, -0.1) is 0 Å². The molecule has 1 N–H and O–H groups in total. The van der Waals surface area contributed by atoms with Crippen LogP contribution in [0.25, 0.3) is 10.9 Å². The molecule has 1 aromatic heterocycles. The Kier molecular flexibility index (Phi) is 7.02. The first kappa shape index (κ1) is 25.2. The molecule has 5 heteroatoms. The Morgan fingerprint density at radius 1 is 0.833 bits per heavy atom. The number of aryl methyl sites for hydroxylation is 1. The standard InChI is InChI=1S/C31H33NO4/c1-18-16-28-25(17-30(33)34)8-7-9-29(28)32(18)31(35)24-10-12-26(13-11-24)36-15-14-27-22(5)20(3)19(2)21(4)23(27)6/h7-13,16H,14-15,17H2,1-6H3,(H,33,34). The first-order valence-electron chi connectivity index (χ1n) is 12.2. The summed E-state index contributed by atoms with van der Waals surface area (Å²) >= 11 is 0. The van der Waals surface area contributed by atoms with Crippen molar-refractivity contribution in [1.82, 2.24) is 4.57 Å². The van der Waals surface area contributed by atoms with Crippen molar-refractivity contribution in [3.05, 3.63) is 98.7 Å². The molecule has 0 unspecified atom stereocenters. The molecule has 186 valence electrons. The average molecular weight is 484 g/mol. The van der Waals surface area contributed by atoms with E-state index in [0.717, 1.165) is 23.3 Å². The molecule has 36 heavy (non-hydrogen) atoms. The number of nitrogens with zero attached hydrogens (tertiary/aromatic N) is 1. The number of aromatic nitrogens is 1. The summed E-state index contributed by atoms with van der Waals surface area (Å²) in [5.41, 5.74) is 10.8. The highest BCUT2D eigenvalue weighted by atomic mass is 16.5. The summed E-state index contributed by atoms with van der Waals surface area (Å²) in [4.78, 5) is 24.6. The Balaban J connectivity index is 1.50. The lowest BCUT2D eigenvalue weighted by Crippen LogP contribution is -2.13. The molecular weight excluding hydrogens is 450 g/mol. The number of carboxylic acid groups (broad SMARTS) is 1. The van der Waals surface area contributed by atoms with Gasteiger partial charge < -0.3 is 9.84 Å². The van der Waals surface area contributed by atoms with Gasteiger partial charge in [-0.1, -0.05) is 12.1 Å². The van der Waals surface area contributed by atoms with E-state index in [0.29, 0.717) is 23.3 Å². The van der Waals surface area contributed by atoms with E-state index in [-0.39, 0.29) is 12.3 Å². The lowest BCUT2D eigenvalue weighted by molar-refractivity contribution is -0.136. The fourth-order valence-corrected chi connectivity index (χ4v) is 5.06. The van der Waals surface area contributed by atoms with Crippen LogP contribution in [0.2, 0.25) is 0 Å². The van der Waals surface area contributed by atoms with Crippen LogP contribution in [0, 0.1) is 41.5 Å². The van der Waals surface area contributed by atoms with E-state index < -0.39 is 5.97 Å². The second-order valence-corrected chi connectivity index (χ2v) is 9.57. The lowest BCUT2D eigenvalue weighted by atomic mass is 9.88. The van der Waals surface area contributed by atoms with E-state index in [1.165, 1.54) is 33.4 Å². The van der Waals surface area contributed by atoms with Gasteiger partial charge in [-0.2, -0.15) is 0 Å². The summed E-state index contributed by atoms with van der Waals surface area (Å²) in [6.45, 7) is 13.3. The van der Waals surface area contributed by atoms with Crippen LogP contribution in [-0.2, 0) is 17.6 Å². The SMILES string of the molecule is Cc1c(C)c(C)c(CCOc2ccc(C(=O)n3c(C)cc4c(CC(=O)O)cccc43)cc2)c(C)c1C. The first-order valence-corrected chi connectivity index (χ1v) is 12.2. The smallest absolute Gasteiger partial charge is 0.307 e. The number of aliphatic carboxylic acids is 1. The number of hydrogen-bond donors (Lipinski definition) is 1. The Bertz CT molecular complexity index is 1450. The molecule has 0 fully saturated rings. The number of hydrogen-bond acceptors (Lipinski definition) is 3. The van der Waals surface area contributed by atoms with Crippen molar-refractivity contribution in [2.75, 3.05) is 6.61 Å². The Labute approximate surface area is 212 Å². The van der Waals surface area contributed by atoms with Gasteiger partial charge in [0.2, 0.25) is 0 Å². The molecule has 0 amide bonds. The van der Waals surface area contributed by atoms with E-state index in [2.05, 4.69) is 34.6 Å².